The molecule has 22 heavy (non-hydrogen) atoms. The number of nitrogens with zero attached hydrogens (tertiary/aromatic N) is 1. The molecular weight excluding hydrogens is 274 g/mol. The quantitative estimate of drug-likeness (QED) is 0.852. The molecule has 0 saturated carbocycles. The molecule has 0 aliphatic carbocycles. The van der Waals surface area contributed by atoms with E-state index in [4.69, 9.17) is 4.74 Å². The zero-order chi connectivity index (χ0) is 14.9. The molecule has 0 N–H and O–H groups in total. The summed E-state index contributed by atoms with van der Waals surface area (Å²) >= 11 is 0. The van der Waals surface area contributed by atoms with Gasteiger partial charge in [0, 0.05) is 19.5 Å². The van der Waals surface area contributed by atoms with E-state index in [0.717, 1.165) is 43.9 Å². The van der Waals surface area contributed by atoms with Gasteiger partial charge >= 0.3 is 0 Å². The first-order valence-electron chi connectivity index (χ1n) is 7.89. The molecule has 0 bridgehead atoms. The van der Waals surface area contributed by atoms with Gasteiger partial charge in [-0.3, -0.25) is 4.79 Å². The third-order valence-corrected chi connectivity index (χ3v) is 4.60. The molecule has 2 aliphatic heterocycles. The van der Waals surface area contributed by atoms with Crippen molar-refractivity contribution in [3.05, 3.63) is 64.7 Å². The van der Waals surface area contributed by atoms with Crippen LogP contribution in [0.15, 0.2) is 42.5 Å². The van der Waals surface area contributed by atoms with Gasteiger partial charge < -0.3 is 9.64 Å². The van der Waals surface area contributed by atoms with Crippen molar-refractivity contribution < 1.29 is 9.53 Å². The summed E-state index contributed by atoms with van der Waals surface area (Å²) in [5.41, 5.74) is 4.95. The minimum atomic E-state index is 0.201. The van der Waals surface area contributed by atoms with Gasteiger partial charge in [0.15, 0.2) is 0 Å². The summed E-state index contributed by atoms with van der Waals surface area (Å²) in [6, 6.07) is 14.6. The van der Waals surface area contributed by atoms with Crippen molar-refractivity contribution in [2.24, 2.45) is 0 Å². The first-order valence-corrected chi connectivity index (χ1v) is 7.89. The lowest BCUT2D eigenvalue weighted by molar-refractivity contribution is -0.131. The zero-order valence-electron chi connectivity index (χ0n) is 12.5. The fourth-order valence-corrected chi connectivity index (χ4v) is 3.32. The van der Waals surface area contributed by atoms with Crippen LogP contribution in [-0.4, -0.2) is 24.0 Å². The van der Waals surface area contributed by atoms with Gasteiger partial charge in [-0.1, -0.05) is 36.4 Å². The SMILES string of the molecule is O=C(Cc1ccc2c(c1)OCC2)N1CCc2ccccc2C1. The monoisotopic (exact) mass is 293 g/mol. The van der Waals surface area contributed by atoms with Crippen LogP contribution in [0.4, 0.5) is 0 Å². The summed E-state index contributed by atoms with van der Waals surface area (Å²) in [5, 5.41) is 0. The summed E-state index contributed by atoms with van der Waals surface area (Å²) in [5.74, 6) is 1.15. The molecule has 3 heteroatoms. The molecule has 0 unspecified atom stereocenters. The van der Waals surface area contributed by atoms with E-state index < -0.39 is 0 Å². The van der Waals surface area contributed by atoms with E-state index in [1.807, 2.05) is 17.0 Å². The summed E-state index contributed by atoms with van der Waals surface area (Å²) in [4.78, 5) is 14.5. The molecule has 2 aromatic rings. The third kappa shape index (κ3) is 2.47. The zero-order valence-corrected chi connectivity index (χ0v) is 12.5. The molecule has 3 nitrogen and oxygen atoms in total. The highest BCUT2D eigenvalue weighted by molar-refractivity contribution is 5.79. The number of amides is 1. The Balaban J connectivity index is 1.47. The van der Waals surface area contributed by atoms with E-state index in [0.29, 0.717) is 6.42 Å². The molecule has 2 aromatic carbocycles. The molecule has 0 aromatic heterocycles. The number of hydrogen-bond donors (Lipinski definition) is 0. The highest BCUT2D eigenvalue weighted by Crippen LogP contribution is 2.27. The molecule has 112 valence electrons. The topological polar surface area (TPSA) is 29.5 Å². The second-order valence-electron chi connectivity index (χ2n) is 6.05. The molecule has 2 heterocycles. The number of ether oxygens (including phenoxy) is 1. The first kappa shape index (κ1) is 13.4. The predicted octanol–water partition coefficient (Wildman–Crippen LogP) is 2.75. The lowest BCUT2D eigenvalue weighted by Crippen LogP contribution is -2.36. The average molecular weight is 293 g/mol. The van der Waals surface area contributed by atoms with E-state index >= 15 is 0 Å². The van der Waals surface area contributed by atoms with Gasteiger partial charge in [0.25, 0.3) is 0 Å². The fraction of sp³-hybridized carbons (Fsp3) is 0.316. The van der Waals surface area contributed by atoms with Gasteiger partial charge in [0.1, 0.15) is 5.75 Å². The van der Waals surface area contributed by atoms with Gasteiger partial charge in [-0.2, -0.15) is 0 Å². The van der Waals surface area contributed by atoms with Gasteiger partial charge in [0.05, 0.1) is 13.0 Å². The maximum absolute atomic E-state index is 12.6. The maximum atomic E-state index is 12.6. The molecular formula is C19H19NO2. The van der Waals surface area contributed by atoms with Crippen molar-refractivity contribution in [2.45, 2.75) is 25.8 Å². The molecule has 0 fully saturated rings. The Hall–Kier alpha value is -2.29. The molecule has 0 saturated heterocycles. The second kappa shape index (κ2) is 5.48. The molecule has 2 aliphatic rings. The normalized spacial score (nSPS) is 15.9. The number of fused-ring (bicyclic) bond motifs is 2. The van der Waals surface area contributed by atoms with Crippen LogP contribution in [0.1, 0.15) is 22.3 Å². The Morgan fingerprint density at radius 2 is 1.91 bits per heavy atom. The average Bonchev–Trinajstić information content (AvgIpc) is 3.02. The van der Waals surface area contributed by atoms with Crippen molar-refractivity contribution in [3.8, 4) is 5.75 Å². The van der Waals surface area contributed by atoms with Crippen molar-refractivity contribution >= 4 is 5.91 Å². The van der Waals surface area contributed by atoms with Crippen molar-refractivity contribution in [1.82, 2.24) is 4.90 Å². The highest BCUT2D eigenvalue weighted by atomic mass is 16.5. The van der Waals surface area contributed by atoms with Crippen molar-refractivity contribution in [3.63, 3.8) is 0 Å². The Bertz CT molecular complexity index is 723. The van der Waals surface area contributed by atoms with Gasteiger partial charge in [-0.15, -0.1) is 0 Å². The van der Waals surface area contributed by atoms with Crippen LogP contribution < -0.4 is 4.74 Å². The minimum Gasteiger partial charge on any atom is -0.493 e. The number of carbonyl (C=O) groups excluding carboxylic acids is 1. The lowest BCUT2D eigenvalue weighted by atomic mass is 9.99. The van der Waals surface area contributed by atoms with Crippen LogP contribution in [-0.2, 0) is 30.6 Å². The molecule has 0 radical (unpaired) electrons. The molecule has 0 atom stereocenters. The van der Waals surface area contributed by atoms with E-state index in [2.05, 4.69) is 30.3 Å². The molecule has 4 rings (SSSR count). The van der Waals surface area contributed by atoms with Crippen molar-refractivity contribution in [1.29, 1.82) is 0 Å². The van der Waals surface area contributed by atoms with Crippen LogP contribution >= 0.6 is 0 Å². The molecule has 1 amide bonds. The van der Waals surface area contributed by atoms with E-state index in [-0.39, 0.29) is 5.91 Å². The van der Waals surface area contributed by atoms with E-state index in [1.165, 1.54) is 16.7 Å². The Labute approximate surface area is 130 Å². The first-order chi connectivity index (χ1) is 10.8. The summed E-state index contributed by atoms with van der Waals surface area (Å²) in [6.45, 7) is 2.31. The smallest absolute Gasteiger partial charge is 0.227 e. The standard InChI is InChI=1S/C19H19NO2/c21-19(12-14-5-6-16-8-10-22-18(16)11-14)20-9-7-15-3-1-2-4-17(15)13-20/h1-6,11H,7-10,12-13H2. The Morgan fingerprint density at radius 3 is 2.82 bits per heavy atom. The third-order valence-electron chi connectivity index (χ3n) is 4.60. The van der Waals surface area contributed by atoms with Crippen LogP contribution in [0.25, 0.3) is 0 Å². The number of rotatable bonds is 2. The van der Waals surface area contributed by atoms with Crippen LogP contribution in [0.2, 0.25) is 0 Å². The maximum Gasteiger partial charge on any atom is 0.227 e. The Kier molecular flexibility index (Phi) is 3.34. The number of carbonyl (C=O) groups is 1. The predicted molar refractivity (Wildman–Crippen MR) is 84.9 cm³/mol. The van der Waals surface area contributed by atoms with Crippen LogP contribution in [0.3, 0.4) is 0 Å². The summed E-state index contributed by atoms with van der Waals surface area (Å²) in [6.07, 6.45) is 2.39. The van der Waals surface area contributed by atoms with E-state index in [1.54, 1.807) is 0 Å². The van der Waals surface area contributed by atoms with E-state index in [9.17, 15) is 4.79 Å². The van der Waals surface area contributed by atoms with Crippen molar-refractivity contribution in [2.75, 3.05) is 13.2 Å². The van der Waals surface area contributed by atoms with Crippen LogP contribution in [0.5, 0.6) is 5.75 Å². The molecule has 0 spiro atoms. The summed E-state index contributed by atoms with van der Waals surface area (Å²) < 4.78 is 5.59. The fourth-order valence-electron chi connectivity index (χ4n) is 3.32. The lowest BCUT2D eigenvalue weighted by Gasteiger charge is -2.29. The second-order valence-corrected chi connectivity index (χ2v) is 6.05. The summed E-state index contributed by atoms with van der Waals surface area (Å²) in [7, 11) is 0. The number of benzene rings is 2. The number of hydrogen-bond acceptors (Lipinski definition) is 2. The van der Waals surface area contributed by atoms with Gasteiger partial charge in [-0.25, -0.2) is 0 Å². The van der Waals surface area contributed by atoms with Crippen LogP contribution in [0, 0.1) is 0 Å². The van der Waals surface area contributed by atoms with Gasteiger partial charge in [0.2, 0.25) is 5.91 Å². The highest BCUT2D eigenvalue weighted by Gasteiger charge is 2.21. The Morgan fingerprint density at radius 1 is 1.05 bits per heavy atom. The largest absolute Gasteiger partial charge is 0.493 e. The minimum absolute atomic E-state index is 0.201. The van der Waals surface area contributed by atoms with Gasteiger partial charge in [-0.05, 0) is 34.7 Å².